The van der Waals surface area contributed by atoms with Crippen LogP contribution < -0.4 is 11.5 Å². The molecule has 0 spiro atoms. The quantitative estimate of drug-likeness (QED) is 0.493. The summed E-state index contributed by atoms with van der Waals surface area (Å²) in [5, 5.41) is 0. The first-order chi connectivity index (χ1) is 1.91. The second-order valence-electron chi connectivity index (χ2n) is 0.577. The van der Waals surface area contributed by atoms with Crippen molar-refractivity contribution in [1.29, 1.82) is 0 Å². The maximum absolute atomic E-state index is 4.90. The van der Waals surface area contributed by atoms with E-state index < -0.39 is 0 Å². The van der Waals surface area contributed by atoms with Gasteiger partial charge >= 0.3 is 0 Å². The van der Waals surface area contributed by atoms with E-state index >= 15 is 0 Å². The van der Waals surface area contributed by atoms with Gasteiger partial charge in [0.2, 0.25) is 0 Å². The first-order valence-corrected chi connectivity index (χ1v) is 1.32. The molecular formula is C2H8N2Te. The second kappa shape index (κ2) is 8.83. The zero-order chi connectivity index (χ0) is 3.41. The number of rotatable bonds is 1. The number of nitrogens with two attached hydrogens (primary N) is 2. The van der Waals surface area contributed by atoms with Crippen molar-refractivity contribution in [2.45, 2.75) is 0 Å². The molecule has 0 atom stereocenters. The normalized spacial score (nSPS) is 6.00. The van der Waals surface area contributed by atoms with E-state index in [2.05, 4.69) is 0 Å². The molecule has 0 rings (SSSR count). The first-order valence-electron chi connectivity index (χ1n) is 1.32. The van der Waals surface area contributed by atoms with Crippen LogP contribution in [-0.4, -0.2) is 36.8 Å². The molecule has 0 aliphatic rings. The predicted molar refractivity (Wildman–Crippen MR) is 23.9 cm³/mol. The van der Waals surface area contributed by atoms with Crippen molar-refractivity contribution >= 4 is 23.7 Å². The smallest absolute Gasteiger partial charge is 0.00461 e. The Morgan fingerprint density at radius 1 is 1.00 bits per heavy atom. The molecule has 32 valence electrons. The van der Waals surface area contributed by atoms with Crippen LogP contribution in [0.25, 0.3) is 0 Å². The van der Waals surface area contributed by atoms with Crippen molar-refractivity contribution in [3.8, 4) is 0 Å². The van der Waals surface area contributed by atoms with Gasteiger partial charge in [-0.05, 0) is 0 Å². The molecule has 0 aliphatic heterocycles. The van der Waals surface area contributed by atoms with Gasteiger partial charge in [0, 0.05) is 36.8 Å². The van der Waals surface area contributed by atoms with E-state index in [9.17, 15) is 0 Å². The van der Waals surface area contributed by atoms with E-state index in [0.29, 0.717) is 13.1 Å². The third kappa shape index (κ3) is 11.8. The molecule has 0 aromatic rings. The minimum absolute atomic E-state index is 0. The standard InChI is InChI=1S/C2H8N2.Te/c3-1-2-4;/h1-4H2;. The summed E-state index contributed by atoms with van der Waals surface area (Å²) in [5.41, 5.74) is 9.81. The third-order valence-corrected chi connectivity index (χ3v) is 0.167. The molecule has 0 saturated heterocycles. The minimum Gasteiger partial charge on any atom is -0.329 e. The van der Waals surface area contributed by atoms with Crippen LogP contribution in [0.5, 0.6) is 0 Å². The summed E-state index contributed by atoms with van der Waals surface area (Å²) < 4.78 is 0. The van der Waals surface area contributed by atoms with Crippen molar-refractivity contribution < 1.29 is 0 Å². The van der Waals surface area contributed by atoms with Crippen LogP contribution in [0.2, 0.25) is 0 Å². The third-order valence-electron chi connectivity index (χ3n) is 0.167. The SMILES string of the molecule is NCCN.[Te]. The Bertz CT molecular complexity index is 9.61. The molecule has 0 bridgehead atoms. The van der Waals surface area contributed by atoms with Gasteiger partial charge < -0.3 is 11.5 Å². The first kappa shape index (κ1) is 9.20. The van der Waals surface area contributed by atoms with Crippen LogP contribution in [0.4, 0.5) is 0 Å². The van der Waals surface area contributed by atoms with Crippen LogP contribution in [0.1, 0.15) is 0 Å². The zero-order valence-electron chi connectivity index (χ0n) is 2.98. The van der Waals surface area contributed by atoms with Crippen molar-refractivity contribution in [3.05, 3.63) is 0 Å². The van der Waals surface area contributed by atoms with E-state index in [1.165, 1.54) is 0 Å². The maximum atomic E-state index is 4.90. The minimum atomic E-state index is 0. The molecule has 0 heterocycles. The molecule has 0 aromatic heterocycles. The summed E-state index contributed by atoms with van der Waals surface area (Å²) in [6.07, 6.45) is 0. The molecule has 0 fully saturated rings. The topological polar surface area (TPSA) is 52.0 Å². The van der Waals surface area contributed by atoms with Crippen LogP contribution in [0, 0.1) is 0 Å². The van der Waals surface area contributed by atoms with Crippen LogP contribution in [-0.2, 0) is 0 Å². The Labute approximate surface area is 48.6 Å². The van der Waals surface area contributed by atoms with Gasteiger partial charge in [-0.3, -0.25) is 0 Å². The summed E-state index contributed by atoms with van der Waals surface area (Å²) in [6, 6.07) is 0. The van der Waals surface area contributed by atoms with Crippen molar-refractivity contribution in [1.82, 2.24) is 0 Å². The van der Waals surface area contributed by atoms with Crippen LogP contribution in [0.15, 0.2) is 0 Å². The molecular weight excluding hydrogens is 180 g/mol. The summed E-state index contributed by atoms with van der Waals surface area (Å²) in [5.74, 6) is 0. The summed E-state index contributed by atoms with van der Waals surface area (Å²) >= 11 is 0. The molecule has 5 heavy (non-hydrogen) atoms. The Hall–Kier alpha value is 0.710. The summed E-state index contributed by atoms with van der Waals surface area (Å²) in [7, 11) is 0. The Morgan fingerprint density at radius 3 is 1.20 bits per heavy atom. The predicted octanol–water partition coefficient (Wildman–Crippen LogP) is -1.48. The average molecular weight is 188 g/mol. The molecule has 2 radical (unpaired) electrons. The number of hydrogen-bond donors (Lipinski definition) is 2. The van der Waals surface area contributed by atoms with E-state index in [4.69, 9.17) is 11.5 Å². The van der Waals surface area contributed by atoms with Gasteiger partial charge in [0.1, 0.15) is 0 Å². The van der Waals surface area contributed by atoms with Crippen molar-refractivity contribution in [2.75, 3.05) is 13.1 Å². The number of hydrogen-bond acceptors (Lipinski definition) is 2. The maximum Gasteiger partial charge on any atom is 0.00461 e. The van der Waals surface area contributed by atoms with E-state index in [1.807, 2.05) is 0 Å². The van der Waals surface area contributed by atoms with Gasteiger partial charge in [-0.15, -0.1) is 0 Å². The Kier molecular flexibility index (Phi) is 16.2. The largest absolute Gasteiger partial charge is 0.329 e. The van der Waals surface area contributed by atoms with E-state index in [0.717, 1.165) is 0 Å². The molecule has 3 heteroatoms. The van der Waals surface area contributed by atoms with Gasteiger partial charge in [-0.2, -0.15) is 0 Å². The Balaban J connectivity index is 0. The Morgan fingerprint density at radius 2 is 1.20 bits per heavy atom. The van der Waals surface area contributed by atoms with Crippen LogP contribution in [0.3, 0.4) is 0 Å². The molecule has 2 nitrogen and oxygen atoms in total. The molecule has 0 unspecified atom stereocenters. The van der Waals surface area contributed by atoms with Crippen molar-refractivity contribution in [3.63, 3.8) is 0 Å². The van der Waals surface area contributed by atoms with Gasteiger partial charge in [-0.1, -0.05) is 0 Å². The fraction of sp³-hybridized carbons (Fsp3) is 1.00. The van der Waals surface area contributed by atoms with E-state index in [-0.39, 0.29) is 23.7 Å². The van der Waals surface area contributed by atoms with Gasteiger partial charge in [0.15, 0.2) is 0 Å². The van der Waals surface area contributed by atoms with Gasteiger partial charge in [0.25, 0.3) is 0 Å². The molecule has 0 aromatic carbocycles. The van der Waals surface area contributed by atoms with Gasteiger partial charge in [-0.25, -0.2) is 0 Å². The van der Waals surface area contributed by atoms with Crippen LogP contribution >= 0.6 is 0 Å². The molecule has 0 amide bonds. The zero-order valence-corrected chi connectivity index (χ0v) is 5.31. The molecule has 0 aliphatic carbocycles. The van der Waals surface area contributed by atoms with Gasteiger partial charge in [0.05, 0.1) is 0 Å². The molecule has 4 N–H and O–H groups in total. The summed E-state index contributed by atoms with van der Waals surface area (Å²) in [4.78, 5) is 0. The average Bonchev–Trinajstić information content (AvgIpc) is 1.37. The summed E-state index contributed by atoms with van der Waals surface area (Å²) in [6.45, 7) is 1.19. The van der Waals surface area contributed by atoms with E-state index in [1.54, 1.807) is 0 Å². The fourth-order valence-corrected chi connectivity index (χ4v) is 0. The fourth-order valence-electron chi connectivity index (χ4n) is 0. The van der Waals surface area contributed by atoms with Crippen molar-refractivity contribution in [2.24, 2.45) is 11.5 Å². The molecule has 0 saturated carbocycles. The monoisotopic (exact) mass is 190 g/mol. The second-order valence-corrected chi connectivity index (χ2v) is 0.577.